The van der Waals surface area contributed by atoms with Crippen molar-refractivity contribution in [2.24, 2.45) is 5.92 Å². The van der Waals surface area contributed by atoms with Crippen molar-refractivity contribution in [2.75, 3.05) is 0 Å². The molecule has 1 aromatic carbocycles. The Morgan fingerprint density at radius 1 is 1.26 bits per heavy atom. The second-order valence-corrected chi connectivity index (χ2v) is 7.96. The molecule has 0 aliphatic carbocycles. The van der Waals surface area contributed by atoms with E-state index in [2.05, 4.69) is 0 Å². The number of hydrogen-bond donors (Lipinski definition) is 1. The summed E-state index contributed by atoms with van der Waals surface area (Å²) in [7, 11) is 0. The van der Waals surface area contributed by atoms with Crippen LogP contribution in [0.3, 0.4) is 0 Å². The first kappa shape index (κ1) is 19.3. The minimum absolute atomic E-state index is 0.206. The molecule has 1 aliphatic heterocycles. The summed E-state index contributed by atoms with van der Waals surface area (Å²) in [6, 6.07) is 8.24. The summed E-state index contributed by atoms with van der Waals surface area (Å²) in [6.45, 7) is 3.45. The van der Waals surface area contributed by atoms with Crippen LogP contribution in [-0.2, 0) is 9.59 Å². The number of amides is 1. The van der Waals surface area contributed by atoms with E-state index in [1.807, 2.05) is 0 Å². The van der Waals surface area contributed by atoms with E-state index in [9.17, 15) is 19.1 Å². The molecule has 0 spiro atoms. The Kier molecular flexibility index (Phi) is 5.48. The van der Waals surface area contributed by atoms with Gasteiger partial charge in [-0.2, -0.15) is 0 Å². The maximum atomic E-state index is 13.0. The Labute approximate surface area is 164 Å². The minimum atomic E-state index is -1.10. The molecule has 27 heavy (non-hydrogen) atoms. The maximum absolute atomic E-state index is 13.0. The van der Waals surface area contributed by atoms with Crippen LogP contribution in [-0.4, -0.2) is 32.2 Å². The molecule has 1 aliphatic rings. The number of thioether (sulfide) groups is 1. The van der Waals surface area contributed by atoms with Crippen LogP contribution in [0.1, 0.15) is 19.6 Å². The van der Waals surface area contributed by atoms with Crippen LogP contribution in [0.25, 0.3) is 17.4 Å². The quantitative estimate of drug-likeness (QED) is 0.587. The Morgan fingerprint density at radius 3 is 2.52 bits per heavy atom. The van der Waals surface area contributed by atoms with Gasteiger partial charge in [-0.05, 0) is 42.3 Å². The molecule has 0 radical (unpaired) electrons. The topological polar surface area (TPSA) is 70.8 Å². The van der Waals surface area contributed by atoms with Gasteiger partial charge in [0.1, 0.15) is 27.7 Å². The molecule has 140 valence electrons. The van der Waals surface area contributed by atoms with Crippen LogP contribution >= 0.6 is 24.0 Å². The molecule has 1 atom stereocenters. The van der Waals surface area contributed by atoms with E-state index in [-0.39, 0.29) is 16.1 Å². The second kappa shape index (κ2) is 7.66. The summed E-state index contributed by atoms with van der Waals surface area (Å²) in [4.78, 5) is 25.7. The summed E-state index contributed by atoms with van der Waals surface area (Å²) in [5.41, 5.74) is 0.703. The van der Waals surface area contributed by atoms with Gasteiger partial charge in [0.25, 0.3) is 5.91 Å². The Bertz CT molecular complexity index is 933. The molecule has 0 saturated carbocycles. The van der Waals surface area contributed by atoms with Crippen LogP contribution in [0.5, 0.6) is 0 Å². The summed E-state index contributed by atoms with van der Waals surface area (Å²) >= 11 is 6.26. The number of carboxylic acid groups (broad SMARTS) is 1. The molecule has 1 aromatic heterocycles. The third-order valence-electron chi connectivity index (χ3n) is 4.02. The molecule has 8 heteroatoms. The molecule has 2 aromatic rings. The molecule has 1 amide bonds. The van der Waals surface area contributed by atoms with E-state index >= 15 is 0 Å². The lowest BCUT2D eigenvalue weighted by Gasteiger charge is -2.26. The number of nitrogens with zero attached hydrogens (tertiary/aromatic N) is 1. The number of aliphatic carboxylic acids is 1. The first-order valence-electron chi connectivity index (χ1n) is 8.13. The van der Waals surface area contributed by atoms with Gasteiger partial charge in [0.15, 0.2) is 0 Å². The predicted octanol–water partition coefficient (Wildman–Crippen LogP) is 4.40. The number of halogens is 1. The number of carbonyl (C=O) groups excluding carboxylic acids is 1. The molecule has 0 unspecified atom stereocenters. The van der Waals surface area contributed by atoms with Crippen molar-refractivity contribution >= 4 is 46.3 Å². The number of benzene rings is 1. The lowest BCUT2D eigenvalue weighted by molar-refractivity contribution is -0.146. The summed E-state index contributed by atoms with van der Waals surface area (Å²) in [5.74, 6) is -1.23. The van der Waals surface area contributed by atoms with E-state index in [0.29, 0.717) is 22.0 Å². The normalized spacial score (nSPS) is 17.2. The van der Waals surface area contributed by atoms with Gasteiger partial charge in [-0.15, -0.1) is 0 Å². The highest BCUT2D eigenvalue weighted by molar-refractivity contribution is 8.26. The zero-order valence-corrected chi connectivity index (χ0v) is 16.1. The molecule has 3 rings (SSSR count). The molecule has 0 bridgehead atoms. The lowest BCUT2D eigenvalue weighted by atomic mass is 10.0. The molecule has 5 nitrogen and oxygen atoms in total. The highest BCUT2D eigenvalue weighted by Crippen LogP contribution is 2.36. The SMILES string of the molecule is CC(C)[C@H](C(=O)O)N1C(=O)/C(=C\c2ccc(-c3ccc(F)cc3)o2)SC1=S. The zero-order valence-electron chi connectivity index (χ0n) is 14.5. The Morgan fingerprint density at radius 2 is 1.93 bits per heavy atom. The average Bonchev–Trinajstić information content (AvgIpc) is 3.16. The first-order chi connectivity index (χ1) is 12.8. The summed E-state index contributed by atoms with van der Waals surface area (Å²) in [6.07, 6.45) is 1.53. The number of carbonyl (C=O) groups is 2. The monoisotopic (exact) mass is 405 g/mol. The third-order valence-corrected chi connectivity index (χ3v) is 5.35. The van der Waals surface area contributed by atoms with Crippen LogP contribution in [0, 0.1) is 11.7 Å². The van der Waals surface area contributed by atoms with Gasteiger partial charge in [0.2, 0.25) is 0 Å². The van der Waals surface area contributed by atoms with Crippen molar-refractivity contribution in [3.63, 3.8) is 0 Å². The third kappa shape index (κ3) is 3.96. The smallest absolute Gasteiger partial charge is 0.327 e. The summed E-state index contributed by atoms with van der Waals surface area (Å²) < 4.78 is 18.9. The summed E-state index contributed by atoms with van der Waals surface area (Å²) in [5, 5.41) is 9.44. The van der Waals surface area contributed by atoms with Crippen LogP contribution in [0.15, 0.2) is 45.7 Å². The van der Waals surface area contributed by atoms with E-state index in [4.69, 9.17) is 16.6 Å². The zero-order chi connectivity index (χ0) is 19.7. The van der Waals surface area contributed by atoms with Crippen molar-refractivity contribution in [2.45, 2.75) is 19.9 Å². The molecular weight excluding hydrogens is 389 g/mol. The molecular formula is C19H16FNO4S2. The first-order valence-corrected chi connectivity index (χ1v) is 9.36. The van der Waals surface area contributed by atoms with Crippen molar-refractivity contribution in [3.8, 4) is 11.3 Å². The van der Waals surface area contributed by atoms with Gasteiger partial charge >= 0.3 is 5.97 Å². The fourth-order valence-corrected chi connectivity index (χ4v) is 4.05. The maximum Gasteiger partial charge on any atom is 0.327 e. The van der Waals surface area contributed by atoms with E-state index < -0.39 is 17.9 Å². The van der Waals surface area contributed by atoms with Crippen molar-refractivity contribution < 1.29 is 23.5 Å². The van der Waals surface area contributed by atoms with Gasteiger partial charge in [0.05, 0.1) is 4.91 Å². The van der Waals surface area contributed by atoms with Gasteiger partial charge in [-0.1, -0.05) is 37.8 Å². The highest BCUT2D eigenvalue weighted by atomic mass is 32.2. The lowest BCUT2D eigenvalue weighted by Crippen LogP contribution is -2.47. The predicted molar refractivity (Wildman–Crippen MR) is 105 cm³/mol. The van der Waals surface area contributed by atoms with Crippen molar-refractivity contribution in [1.82, 2.24) is 4.90 Å². The number of carboxylic acids is 1. The molecule has 1 fully saturated rings. The van der Waals surface area contributed by atoms with Gasteiger partial charge in [-0.3, -0.25) is 9.69 Å². The number of furan rings is 1. The number of rotatable bonds is 5. The number of hydrogen-bond acceptors (Lipinski definition) is 5. The van der Waals surface area contributed by atoms with E-state index in [1.54, 1.807) is 38.1 Å². The Hall–Kier alpha value is -2.45. The second-order valence-electron chi connectivity index (χ2n) is 6.29. The van der Waals surface area contributed by atoms with Crippen molar-refractivity contribution in [1.29, 1.82) is 0 Å². The van der Waals surface area contributed by atoms with Crippen LogP contribution in [0.2, 0.25) is 0 Å². The Balaban J connectivity index is 1.86. The van der Waals surface area contributed by atoms with Gasteiger partial charge in [-0.25, -0.2) is 9.18 Å². The average molecular weight is 405 g/mol. The van der Waals surface area contributed by atoms with Crippen LogP contribution in [0.4, 0.5) is 4.39 Å². The van der Waals surface area contributed by atoms with E-state index in [1.165, 1.54) is 18.2 Å². The standard InChI is InChI=1S/C19H16FNO4S2/c1-10(2)16(18(23)24)21-17(22)15(27-19(21)26)9-13-7-8-14(25-13)11-3-5-12(20)6-4-11/h3-10,16H,1-2H3,(H,23,24)/b15-9+/t16-/m1/s1. The van der Waals surface area contributed by atoms with Gasteiger partial charge < -0.3 is 9.52 Å². The van der Waals surface area contributed by atoms with Crippen LogP contribution < -0.4 is 0 Å². The van der Waals surface area contributed by atoms with Crippen molar-refractivity contribution in [3.05, 3.63) is 52.9 Å². The molecule has 1 N–H and O–H groups in total. The fourth-order valence-electron chi connectivity index (χ4n) is 2.74. The number of thiocarbonyl (C=S) groups is 1. The van der Waals surface area contributed by atoms with Gasteiger partial charge in [0, 0.05) is 11.6 Å². The largest absolute Gasteiger partial charge is 0.480 e. The molecule has 1 saturated heterocycles. The fraction of sp³-hybridized carbons (Fsp3) is 0.211. The molecule has 2 heterocycles. The highest BCUT2D eigenvalue weighted by Gasteiger charge is 2.42. The minimum Gasteiger partial charge on any atom is -0.480 e. The van der Waals surface area contributed by atoms with E-state index in [0.717, 1.165) is 16.7 Å².